The normalized spacial score (nSPS) is 0. The topological polar surface area (TPSA) is 35.0 Å². The van der Waals surface area contributed by atoms with E-state index >= 15 is 0 Å². The second kappa shape index (κ2) is 34.3. The van der Waals surface area contributed by atoms with E-state index < -0.39 is 0 Å². The van der Waals surface area contributed by atoms with Crippen molar-refractivity contribution < 1.29 is 0 Å². The molecule has 0 aliphatic heterocycles. The third-order valence-corrected chi connectivity index (χ3v) is 0. The summed E-state index contributed by atoms with van der Waals surface area (Å²) in [7, 11) is 0. The van der Waals surface area contributed by atoms with Gasteiger partial charge in [0.15, 0.2) is 0 Å². The van der Waals surface area contributed by atoms with Crippen LogP contribution in [-0.4, -0.2) is 112 Å². The summed E-state index contributed by atoms with van der Waals surface area (Å²) in [6.45, 7) is 0. The molecule has 0 aromatic carbocycles. The van der Waals surface area contributed by atoms with Crippen molar-refractivity contribution in [2.45, 2.75) is 0 Å². The van der Waals surface area contributed by atoms with Gasteiger partial charge in [-0.15, -0.1) is 0 Å². The van der Waals surface area contributed by atoms with Crippen LogP contribution in [0.25, 0.3) is 0 Å². The summed E-state index contributed by atoms with van der Waals surface area (Å²) in [6, 6.07) is 0. The van der Waals surface area contributed by atoms with Gasteiger partial charge in [0.05, 0.1) is 0 Å². The van der Waals surface area contributed by atoms with Crippen molar-refractivity contribution in [2.24, 2.45) is 0 Å². The Kier molecular flexibility index (Phi) is 271. The van der Waals surface area contributed by atoms with Crippen LogP contribution in [0.4, 0.5) is 0 Å². The quantitative estimate of drug-likeness (QED) is 0.392. The van der Waals surface area contributed by atoms with Crippen LogP contribution >= 0.6 is 23.4 Å². The van der Waals surface area contributed by atoms with E-state index in [1.165, 1.54) is 0 Å². The van der Waals surface area contributed by atoms with Crippen molar-refractivity contribution in [2.75, 3.05) is 0 Å². The first kappa shape index (κ1) is 47.4. The van der Waals surface area contributed by atoms with Crippen molar-refractivity contribution in [3.8, 4) is 0 Å². The maximum Gasteiger partial charge on any atom is 0 e. The SMILES string of the molecule is N.P.S.[Ca].[K].[Mg]. The third-order valence-electron chi connectivity index (χ3n) is 0. The van der Waals surface area contributed by atoms with Gasteiger partial charge >= 0.3 is 0 Å². The number of rotatable bonds is 0. The van der Waals surface area contributed by atoms with E-state index in [0.29, 0.717) is 0 Å². The van der Waals surface area contributed by atoms with Crippen LogP contribution in [0.1, 0.15) is 0 Å². The molecule has 0 spiro atoms. The summed E-state index contributed by atoms with van der Waals surface area (Å²) in [6.07, 6.45) is 0. The van der Waals surface area contributed by atoms with Crippen LogP contribution in [0.2, 0.25) is 0 Å². The van der Waals surface area contributed by atoms with Gasteiger partial charge in [0, 0.05) is 112 Å². The molecule has 0 amide bonds. The molecule has 0 fully saturated rings. The number of hydrogen-bond donors (Lipinski definition) is 1. The molecule has 1 atom stereocenters. The molecular formula is H8CaKMgNPS. The van der Waals surface area contributed by atoms with Gasteiger partial charge in [0.1, 0.15) is 0 Å². The van der Waals surface area contributed by atoms with Gasteiger partial charge in [-0.2, -0.15) is 23.4 Å². The first-order valence-electron chi connectivity index (χ1n) is 0. The molecule has 0 rings (SSSR count). The van der Waals surface area contributed by atoms with Gasteiger partial charge in [-0.05, 0) is 0 Å². The standard InChI is InChI=1S/Ca.K.Mg.H3N.H3P.H2S/h;;;2*1H3;1H2. The monoisotopic (exact) mass is 188 g/mol. The van der Waals surface area contributed by atoms with Crippen LogP contribution in [0.15, 0.2) is 0 Å². The molecular weight excluding hydrogens is 181 g/mol. The van der Waals surface area contributed by atoms with Gasteiger partial charge in [0.25, 0.3) is 0 Å². The predicted octanol–water partition coefficient (Wildman–Crippen LogP) is -0.810. The molecule has 0 aromatic rings. The zero-order chi connectivity index (χ0) is 0. The summed E-state index contributed by atoms with van der Waals surface area (Å²) in [4.78, 5) is 0. The molecule has 1 nitrogen and oxygen atoms in total. The van der Waals surface area contributed by atoms with E-state index in [0.717, 1.165) is 0 Å². The van der Waals surface area contributed by atoms with Crippen LogP contribution in [-0.2, 0) is 0 Å². The first-order valence-corrected chi connectivity index (χ1v) is 0. The minimum atomic E-state index is 0. The molecule has 0 saturated carbocycles. The smallest absolute Gasteiger partial charge is 0 e. The Morgan fingerprint density at radius 1 is 1.00 bits per heavy atom. The minimum absolute atomic E-state index is 0. The summed E-state index contributed by atoms with van der Waals surface area (Å²) in [5.74, 6) is 0. The second-order valence-electron chi connectivity index (χ2n) is 0. The average Bonchev–Trinajstić information content (AvgIpc) is 0. The number of hydrogen-bond acceptors (Lipinski definition) is 1. The maximum atomic E-state index is 0. The van der Waals surface area contributed by atoms with Crippen LogP contribution < -0.4 is 6.15 Å². The molecule has 1 unspecified atom stereocenters. The first-order chi connectivity index (χ1) is 0. The van der Waals surface area contributed by atoms with Crippen LogP contribution in [0.3, 0.4) is 0 Å². The Morgan fingerprint density at radius 3 is 1.00 bits per heavy atom. The van der Waals surface area contributed by atoms with E-state index in [4.69, 9.17) is 0 Å². The maximum absolute atomic E-state index is 0. The van der Waals surface area contributed by atoms with Crippen molar-refractivity contribution in [3.63, 3.8) is 0 Å². The van der Waals surface area contributed by atoms with Crippen LogP contribution in [0, 0.1) is 0 Å². The van der Waals surface area contributed by atoms with E-state index in [-0.39, 0.29) is 142 Å². The molecule has 5 radical (unpaired) electrons. The Balaban J connectivity index is 0. The van der Waals surface area contributed by atoms with E-state index in [9.17, 15) is 0 Å². The molecule has 6 heteroatoms. The third kappa shape index (κ3) is 23.8. The molecule has 0 aliphatic carbocycles. The van der Waals surface area contributed by atoms with Crippen molar-refractivity contribution in [3.05, 3.63) is 0 Å². The van der Waals surface area contributed by atoms with Crippen molar-refractivity contribution in [1.29, 1.82) is 0 Å². The predicted molar refractivity (Wildman–Crippen MR) is 43.8 cm³/mol. The molecule has 6 heavy (non-hydrogen) atoms. The molecule has 0 bridgehead atoms. The fourth-order valence-corrected chi connectivity index (χ4v) is 0. The van der Waals surface area contributed by atoms with E-state index in [2.05, 4.69) is 0 Å². The zero-order valence-electron chi connectivity index (χ0n) is 4.33. The molecule has 29 valence electrons. The summed E-state index contributed by atoms with van der Waals surface area (Å²) in [5.41, 5.74) is 0. The fraction of sp³-hybridized carbons (Fsp3) is 0. The molecule has 0 heterocycles. The Hall–Kier alpha value is 4.40. The van der Waals surface area contributed by atoms with Gasteiger partial charge in [-0.3, -0.25) is 0 Å². The Labute approximate surface area is 138 Å². The van der Waals surface area contributed by atoms with Crippen LogP contribution in [0.5, 0.6) is 0 Å². The van der Waals surface area contributed by atoms with Gasteiger partial charge in [0.2, 0.25) is 0 Å². The average molecular weight is 189 g/mol. The summed E-state index contributed by atoms with van der Waals surface area (Å²) in [5, 5.41) is 0. The van der Waals surface area contributed by atoms with E-state index in [1.54, 1.807) is 0 Å². The Morgan fingerprint density at radius 2 is 1.00 bits per heavy atom. The van der Waals surface area contributed by atoms with Gasteiger partial charge in [-0.25, -0.2) is 0 Å². The zero-order valence-corrected chi connectivity index (χ0v) is 13.5. The molecule has 0 aromatic heterocycles. The van der Waals surface area contributed by atoms with Gasteiger partial charge < -0.3 is 6.15 Å². The summed E-state index contributed by atoms with van der Waals surface area (Å²) < 4.78 is 0. The largest absolute Gasteiger partial charge is 0.344 e. The fourth-order valence-electron chi connectivity index (χ4n) is 0. The molecule has 0 aliphatic rings. The summed E-state index contributed by atoms with van der Waals surface area (Å²) >= 11 is 0. The van der Waals surface area contributed by atoms with Crippen molar-refractivity contribution in [1.82, 2.24) is 6.15 Å². The second-order valence-corrected chi connectivity index (χ2v) is 0. The molecule has 0 saturated heterocycles. The Bertz CT molecular complexity index is 15.5. The van der Waals surface area contributed by atoms with Crippen molar-refractivity contribution >= 4 is 136 Å². The van der Waals surface area contributed by atoms with E-state index in [1.807, 2.05) is 0 Å². The minimum Gasteiger partial charge on any atom is -0.344 e. The molecule has 3 N–H and O–H groups in total. The van der Waals surface area contributed by atoms with Gasteiger partial charge in [-0.1, -0.05) is 0 Å².